The maximum absolute atomic E-state index is 11.8. The third kappa shape index (κ3) is 2.04. The number of alkyl halides is 7. The van der Waals surface area contributed by atoms with Gasteiger partial charge < -0.3 is 0 Å². The van der Waals surface area contributed by atoms with Crippen LogP contribution in [0.25, 0.3) is 0 Å². The second-order valence-corrected chi connectivity index (χ2v) is 3.28. The van der Waals surface area contributed by atoms with Crippen molar-refractivity contribution < 1.29 is 17.6 Å². The second-order valence-electron chi connectivity index (χ2n) is 1.42. The molecule has 0 radical (unpaired) electrons. The first-order valence-corrected chi connectivity index (χ1v) is 3.05. The van der Waals surface area contributed by atoms with Crippen molar-refractivity contribution in [2.24, 2.45) is 0 Å². The number of hydrogen-bond acceptors (Lipinski definition) is 0. The van der Waals surface area contributed by atoms with Crippen LogP contribution in [0.1, 0.15) is 0 Å². The number of rotatable bonds is 2. The number of hydrogen-bond donors (Lipinski definition) is 0. The largest absolute Gasteiger partial charge is 0.359 e. The zero-order valence-electron chi connectivity index (χ0n) is 4.22. The maximum Gasteiger partial charge on any atom is 0.359 e. The molecular weight excluding hydrogens is 218 g/mol. The minimum atomic E-state index is -4.33. The zero-order chi connectivity index (χ0) is 8.58. The van der Waals surface area contributed by atoms with Crippen molar-refractivity contribution in [2.45, 2.75) is 16.1 Å². The van der Waals surface area contributed by atoms with E-state index in [9.17, 15) is 17.6 Å². The summed E-state index contributed by atoms with van der Waals surface area (Å²) in [5.41, 5.74) is 0. The Bertz CT molecular complexity index is 117. The van der Waals surface area contributed by atoms with Crippen molar-refractivity contribution in [1.29, 1.82) is 0 Å². The fourth-order valence-corrected chi connectivity index (χ4v) is 0.206. The molecule has 0 bridgehead atoms. The van der Waals surface area contributed by atoms with Crippen LogP contribution >= 0.6 is 34.8 Å². The summed E-state index contributed by atoms with van der Waals surface area (Å²) in [6.07, 6.45) is -3.59. The topological polar surface area (TPSA) is 0 Å². The van der Waals surface area contributed by atoms with Crippen molar-refractivity contribution in [3.05, 3.63) is 0 Å². The van der Waals surface area contributed by atoms with E-state index in [4.69, 9.17) is 0 Å². The predicted octanol–water partition coefficient (Wildman–Crippen LogP) is 3.26. The normalized spacial score (nSPS) is 14.4. The lowest BCUT2D eigenvalue weighted by molar-refractivity contribution is 0.0000787. The Morgan fingerprint density at radius 2 is 1.30 bits per heavy atom. The maximum atomic E-state index is 11.8. The summed E-state index contributed by atoms with van der Waals surface area (Å²) in [5, 5.41) is -4.33. The molecule has 10 heavy (non-hydrogen) atoms. The second kappa shape index (κ2) is 2.91. The quantitative estimate of drug-likeness (QED) is 0.494. The SMILES string of the molecule is FC(F)C(Cl)(Cl)C(F)(F)Cl. The molecule has 0 spiro atoms. The van der Waals surface area contributed by atoms with Crippen LogP contribution in [0.4, 0.5) is 17.6 Å². The molecule has 0 aromatic heterocycles. The van der Waals surface area contributed by atoms with Gasteiger partial charge in [0.05, 0.1) is 0 Å². The highest BCUT2D eigenvalue weighted by Crippen LogP contribution is 2.45. The molecule has 0 saturated carbocycles. The van der Waals surface area contributed by atoms with Gasteiger partial charge in [-0.2, -0.15) is 8.78 Å². The van der Waals surface area contributed by atoms with E-state index in [-0.39, 0.29) is 0 Å². The molecule has 62 valence electrons. The minimum absolute atomic E-state index is 3.52. The molecule has 0 aliphatic rings. The Balaban J connectivity index is 4.40. The first-order valence-electron chi connectivity index (χ1n) is 1.92. The predicted molar refractivity (Wildman–Crippen MR) is 31.2 cm³/mol. The molecule has 0 N–H and O–H groups in total. The molecule has 0 fully saturated rings. The molecule has 0 aromatic rings. The molecule has 0 amide bonds. The summed E-state index contributed by atoms with van der Waals surface area (Å²) in [4.78, 5) is 0. The van der Waals surface area contributed by atoms with Crippen molar-refractivity contribution >= 4 is 34.8 Å². The molecule has 0 atom stereocenters. The molecule has 0 nitrogen and oxygen atoms in total. The molecular formula is C3HCl3F4. The van der Waals surface area contributed by atoms with Gasteiger partial charge in [0.15, 0.2) is 0 Å². The lowest BCUT2D eigenvalue weighted by atomic mass is 10.4. The summed E-state index contributed by atoms with van der Waals surface area (Å²) in [7, 11) is 0. The lowest BCUT2D eigenvalue weighted by Crippen LogP contribution is -2.39. The summed E-state index contributed by atoms with van der Waals surface area (Å²) < 4.78 is 43.0. The zero-order valence-corrected chi connectivity index (χ0v) is 6.49. The fraction of sp³-hybridized carbons (Fsp3) is 1.00. The Labute approximate surface area is 69.0 Å². The van der Waals surface area contributed by atoms with Crippen molar-refractivity contribution in [1.82, 2.24) is 0 Å². The van der Waals surface area contributed by atoms with Gasteiger partial charge in [-0.3, -0.25) is 0 Å². The number of halogens is 7. The average Bonchev–Trinajstić information content (AvgIpc) is 1.62. The molecule has 0 saturated heterocycles. The van der Waals surface area contributed by atoms with Crippen molar-refractivity contribution in [2.75, 3.05) is 0 Å². The van der Waals surface area contributed by atoms with Crippen LogP contribution in [0.15, 0.2) is 0 Å². The third-order valence-corrected chi connectivity index (χ3v) is 1.95. The monoisotopic (exact) mass is 218 g/mol. The third-order valence-electron chi connectivity index (χ3n) is 0.652. The Morgan fingerprint density at radius 1 is 1.00 bits per heavy atom. The fourth-order valence-electron chi connectivity index (χ4n) is 0.124. The highest BCUT2D eigenvalue weighted by atomic mass is 35.5. The van der Waals surface area contributed by atoms with E-state index >= 15 is 0 Å². The van der Waals surface area contributed by atoms with E-state index in [0.29, 0.717) is 0 Å². The molecule has 0 heterocycles. The van der Waals surface area contributed by atoms with E-state index in [1.165, 1.54) is 0 Å². The minimum Gasteiger partial charge on any atom is -0.207 e. The Morgan fingerprint density at radius 3 is 1.30 bits per heavy atom. The van der Waals surface area contributed by atoms with Gasteiger partial charge in [0.2, 0.25) is 0 Å². The van der Waals surface area contributed by atoms with Crippen LogP contribution in [0.2, 0.25) is 0 Å². The standard InChI is InChI=1S/C3HCl3F4/c4-2(5,1(7)8)3(6,9)10/h1H. The van der Waals surface area contributed by atoms with E-state index in [0.717, 1.165) is 0 Å². The van der Waals surface area contributed by atoms with Crippen LogP contribution < -0.4 is 0 Å². The highest BCUT2D eigenvalue weighted by Gasteiger charge is 2.57. The first kappa shape index (κ1) is 10.6. The summed E-state index contributed by atoms with van der Waals surface area (Å²) in [6, 6.07) is 0. The first-order chi connectivity index (χ1) is 4.19. The van der Waals surface area contributed by atoms with Crippen LogP contribution in [0, 0.1) is 0 Å². The molecule has 7 heteroatoms. The average molecular weight is 219 g/mol. The molecule has 0 aliphatic heterocycles. The molecule has 0 aliphatic carbocycles. The van der Waals surface area contributed by atoms with E-state index in [1.807, 2.05) is 0 Å². The van der Waals surface area contributed by atoms with E-state index in [2.05, 4.69) is 34.8 Å². The van der Waals surface area contributed by atoms with Gasteiger partial charge in [-0.25, -0.2) is 8.78 Å². The van der Waals surface area contributed by atoms with Gasteiger partial charge in [0.1, 0.15) is 0 Å². The Hall–Kier alpha value is 0.590. The van der Waals surface area contributed by atoms with Crippen LogP contribution in [-0.4, -0.2) is 16.1 Å². The van der Waals surface area contributed by atoms with Gasteiger partial charge in [-0.15, -0.1) is 0 Å². The van der Waals surface area contributed by atoms with Gasteiger partial charge in [-0.1, -0.05) is 23.2 Å². The Kier molecular flexibility index (Phi) is 3.08. The van der Waals surface area contributed by atoms with Crippen molar-refractivity contribution in [3.63, 3.8) is 0 Å². The lowest BCUT2D eigenvalue weighted by Gasteiger charge is -2.22. The molecule has 0 rings (SSSR count). The van der Waals surface area contributed by atoms with E-state index in [1.54, 1.807) is 0 Å². The van der Waals surface area contributed by atoms with Gasteiger partial charge >= 0.3 is 5.38 Å². The smallest absolute Gasteiger partial charge is 0.207 e. The van der Waals surface area contributed by atoms with E-state index < -0.39 is 16.1 Å². The van der Waals surface area contributed by atoms with Gasteiger partial charge in [0, 0.05) is 0 Å². The highest BCUT2D eigenvalue weighted by molar-refractivity contribution is 6.53. The van der Waals surface area contributed by atoms with Gasteiger partial charge in [-0.05, 0) is 11.6 Å². The van der Waals surface area contributed by atoms with Crippen LogP contribution in [0.5, 0.6) is 0 Å². The van der Waals surface area contributed by atoms with Crippen molar-refractivity contribution in [3.8, 4) is 0 Å². The van der Waals surface area contributed by atoms with Crippen LogP contribution in [-0.2, 0) is 0 Å². The molecule has 0 aromatic carbocycles. The summed E-state index contributed by atoms with van der Waals surface area (Å²) >= 11 is 13.1. The summed E-state index contributed by atoms with van der Waals surface area (Å²) in [6.45, 7) is 0. The van der Waals surface area contributed by atoms with Crippen LogP contribution in [0.3, 0.4) is 0 Å². The van der Waals surface area contributed by atoms with Gasteiger partial charge in [0.25, 0.3) is 10.8 Å². The summed E-state index contributed by atoms with van der Waals surface area (Å²) in [5.74, 6) is 0. The molecule has 0 unspecified atom stereocenters.